The van der Waals surface area contributed by atoms with Gasteiger partial charge in [-0.15, -0.1) is 0 Å². The molecule has 0 unspecified atom stereocenters. The highest BCUT2D eigenvalue weighted by molar-refractivity contribution is 8.00. The van der Waals surface area contributed by atoms with Gasteiger partial charge in [0.2, 0.25) is 0 Å². The van der Waals surface area contributed by atoms with Gasteiger partial charge in [0.15, 0.2) is 5.65 Å². The summed E-state index contributed by atoms with van der Waals surface area (Å²) in [5.41, 5.74) is -0.763. The normalized spacial score (nSPS) is 14.5. The molecule has 22 heavy (non-hydrogen) atoms. The summed E-state index contributed by atoms with van der Waals surface area (Å²) in [5.74, 6) is -0.795. The van der Waals surface area contributed by atoms with Crippen molar-refractivity contribution in [3.63, 3.8) is 0 Å². The van der Waals surface area contributed by atoms with E-state index < -0.39 is 17.2 Å². The van der Waals surface area contributed by atoms with Gasteiger partial charge in [-0.2, -0.15) is 0 Å². The van der Waals surface area contributed by atoms with Crippen molar-refractivity contribution in [2.24, 2.45) is 14.1 Å². The molecule has 8 nitrogen and oxygen atoms in total. The summed E-state index contributed by atoms with van der Waals surface area (Å²) in [4.78, 5) is 43.8. The van der Waals surface area contributed by atoms with E-state index in [1.165, 1.54) is 18.7 Å². The summed E-state index contributed by atoms with van der Waals surface area (Å²) in [5, 5.41) is 11.2. The van der Waals surface area contributed by atoms with Crippen molar-refractivity contribution in [1.82, 2.24) is 19.1 Å². The first-order valence-corrected chi connectivity index (χ1v) is 7.69. The predicted octanol–water partition coefficient (Wildman–Crippen LogP) is -1.25. The summed E-state index contributed by atoms with van der Waals surface area (Å²) < 4.78 is 2.25. The molecule has 3 rings (SSSR count). The van der Waals surface area contributed by atoms with E-state index in [1.807, 2.05) is 0 Å². The van der Waals surface area contributed by atoms with E-state index >= 15 is 0 Å². The van der Waals surface area contributed by atoms with Crippen molar-refractivity contribution in [3.8, 4) is 0 Å². The third-order valence-electron chi connectivity index (χ3n) is 3.55. The number of rotatable bonds is 4. The van der Waals surface area contributed by atoms with Crippen LogP contribution >= 0.6 is 11.8 Å². The molecule has 1 saturated carbocycles. The van der Waals surface area contributed by atoms with Gasteiger partial charge < -0.3 is 9.90 Å². The molecule has 2 aromatic heterocycles. The van der Waals surface area contributed by atoms with E-state index in [9.17, 15) is 19.5 Å². The van der Waals surface area contributed by atoms with Crippen LogP contribution in [-0.4, -0.2) is 30.8 Å². The number of carboxylic acid groups (broad SMARTS) is 1. The van der Waals surface area contributed by atoms with Gasteiger partial charge in [-0.1, -0.05) is 11.8 Å². The quantitative estimate of drug-likeness (QED) is 0.511. The number of hydrogen-bond donors (Lipinski definition) is 0. The smallest absolute Gasteiger partial charge is 0.332 e. The van der Waals surface area contributed by atoms with Gasteiger partial charge in [-0.3, -0.25) is 13.9 Å². The SMILES string of the molecule is Cn1c(=O)c2c(SCC(=O)[O-])nc(C3CC3)nc2n(C)c1=O. The summed E-state index contributed by atoms with van der Waals surface area (Å²) in [6.07, 6.45) is 1.91. The average molecular weight is 321 g/mol. The summed E-state index contributed by atoms with van der Waals surface area (Å²) in [6.45, 7) is 0. The van der Waals surface area contributed by atoms with Crippen LogP contribution in [0.15, 0.2) is 14.6 Å². The highest BCUT2D eigenvalue weighted by Crippen LogP contribution is 2.39. The second-order valence-electron chi connectivity index (χ2n) is 5.23. The van der Waals surface area contributed by atoms with Gasteiger partial charge >= 0.3 is 5.69 Å². The molecule has 1 fully saturated rings. The molecule has 0 bridgehead atoms. The molecule has 116 valence electrons. The number of aromatic nitrogens is 4. The van der Waals surface area contributed by atoms with Gasteiger partial charge in [-0.25, -0.2) is 14.8 Å². The molecular weight excluding hydrogens is 308 g/mol. The van der Waals surface area contributed by atoms with Crippen molar-refractivity contribution in [3.05, 3.63) is 26.7 Å². The zero-order chi connectivity index (χ0) is 16.0. The number of carbonyl (C=O) groups excluding carboxylic acids is 1. The average Bonchev–Trinajstić information content (AvgIpc) is 3.32. The Labute approximate surface area is 128 Å². The Morgan fingerprint density at radius 1 is 1.27 bits per heavy atom. The van der Waals surface area contributed by atoms with Crippen LogP contribution in [0.25, 0.3) is 11.0 Å². The van der Waals surface area contributed by atoms with Crippen molar-refractivity contribution >= 4 is 28.8 Å². The number of fused-ring (bicyclic) bond motifs is 1. The lowest BCUT2D eigenvalue weighted by Crippen LogP contribution is -2.38. The molecule has 1 aliphatic carbocycles. The maximum Gasteiger partial charge on any atom is 0.332 e. The maximum absolute atomic E-state index is 12.4. The van der Waals surface area contributed by atoms with Crippen LogP contribution < -0.4 is 16.4 Å². The molecular formula is C13H13N4O4S-. The van der Waals surface area contributed by atoms with Gasteiger partial charge in [0.05, 0.1) is 5.97 Å². The van der Waals surface area contributed by atoms with Crippen molar-refractivity contribution in [2.75, 3.05) is 5.75 Å². The van der Waals surface area contributed by atoms with Crippen LogP contribution in [-0.2, 0) is 18.9 Å². The number of aliphatic carboxylic acids is 1. The van der Waals surface area contributed by atoms with Gasteiger partial charge in [0, 0.05) is 25.8 Å². The highest BCUT2D eigenvalue weighted by Gasteiger charge is 2.29. The summed E-state index contributed by atoms with van der Waals surface area (Å²) >= 11 is 0.913. The Morgan fingerprint density at radius 3 is 2.55 bits per heavy atom. The molecule has 2 aromatic rings. The molecule has 2 heterocycles. The van der Waals surface area contributed by atoms with Crippen LogP contribution in [0.5, 0.6) is 0 Å². The first-order chi connectivity index (χ1) is 10.4. The van der Waals surface area contributed by atoms with Crippen LogP contribution in [0, 0.1) is 0 Å². The standard InChI is InChI=1S/C13H14N4O4S/c1-16-10-8(12(20)17(2)13(16)21)11(22-5-7(18)19)15-9(14-10)6-3-4-6/h6H,3-5H2,1-2H3,(H,18,19)/p-1. The van der Waals surface area contributed by atoms with E-state index in [-0.39, 0.29) is 27.7 Å². The first-order valence-electron chi connectivity index (χ1n) is 6.70. The van der Waals surface area contributed by atoms with Crippen molar-refractivity contribution in [2.45, 2.75) is 23.8 Å². The summed E-state index contributed by atoms with van der Waals surface area (Å²) in [7, 11) is 2.90. The zero-order valence-corrected chi connectivity index (χ0v) is 12.8. The minimum Gasteiger partial charge on any atom is -0.549 e. The Balaban J connectivity index is 2.32. The Hall–Kier alpha value is -2.16. The van der Waals surface area contributed by atoms with Gasteiger partial charge in [0.1, 0.15) is 16.2 Å². The number of thioether (sulfide) groups is 1. The molecule has 0 spiro atoms. The Kier molecular flexibility index (Phi) is 3.51. The van der Waals surface area contributed by atoms with E-state index in [4.69, 9.17) is 0 Å². The molecule has 0 atom stereocenters. The van der Waals surface area contributed by atoms with E-state index in [0.717, 1.165) is 29.2 Å². The lowest BCUT2D eigenvalue weighted by Gasteiger charge is -2.11. The van der Waals surface area contributed by atoms with E-state index in [0.29, 0.717) is 5.82 Å². The molecule has 0 saturated heterocycles. The van der Waals surface area contributed by atoms with Gasteiger partial charge in [0.25, 0.3) is 5.56 Å². The summed E-state index contributed by atoms with van der Waals surface area (Å²) in [6, 6.07) is 0. The van der Waals surface area contributed by atoms with E-state index in [2.05, 4.69) is 9.97 Å². The highest BCUT2D eigenvalue weighted by atomic mass is 32.2. The number of aryl methyl sites for hydroxylation is 1. The number of hydrogen-bond acceptors (Lipinski definition) is 7. The fraction of sp³-hybridized carbons (Fsp3) is 0.462. The number of carbonyl (C=O) groups is 1. The van der Waals surface area contributed by atoms with Crippen LogP contribution in [0.1, 0.15) is 24.6 Å². The second kappa shape index (κ2) is 5.24. The molecule has 0 aliphatic heterocycles. The minimum atomic E-state index is -1.24. The fourth-order valence-electron chi connectivity index (χ4n) is 2.20. The number of carboxylic acids is 1. The molecule has 0 radical (unpaired) electrons. The van der Waals surface area contributed by atoms with E-state index in [1.54, 1.807) is 0 Å². The Bertz CT molecular complexity index is 898. The largest absolute Gasteiger partial charge is 0.549 e. The lowest BCUT2D eigenvalue weighted by molar-refractivity contribution is -0.301. The molecule has 0 N–H and O–H groups in total. The first kappa shape index (κ1) is 14.8. The third-order valence-corrected chi connectivity index (χ3v) is 4.50. The van der Waals surface area contributed by atoms with Gasteiger partial charge in [-0.05, 0) is 12.8 Å². The molecule has 9 heteroatoms. The van der Waals surface area contributed by atoms with Crippen LogP contribution in [0.2, 0.25) is 0 Å². The predicted molar refractivity (Wildman–Crippen MR) is 77.7 cm³/mol. The molecule has 0 amide bonds. The second-order valence-corrected chi connectivity index (χ2v) is 6.19. The minimum absolute atomic E-state index is 0.167. The van der Waals surface area contributed by atoms with Crippen LogP contribution in [0.4, 0.5) is 0 Å². The lowest BCUT2D eigenvalue weighted by atomic mass is 10.3. The fourth-order valence-corrected chi connectivity index (χ4v) is 2.94. The third kappa shape index (κ3) is 2.41. The van der Waals surface area contributed by atoms with Crippen molar-refractivity contribution in [1.29, 1.82) is 0 Å². The zero-order valence-electron chi connectivity index (χ0n) is 12.0. The molecule has 1 aliphatic rings. The van der Waals surface area contributed by atoms with Crippen molar-refractivity contribution < 1.29 is 9.90 Å². The molecule has 0 aromatic carbocycles. The monoisotopic (exact) mass is 321 g/mol. The maximum atomic E-state index is 12.4. The number of nitrogens with zero attached hydrogens (tertiary/aromatic N) is 4. The van der Waals surface area contributed by atoms with Crippen LogP contribution in [0.3, 0.4) is 0 Å². The Morgan fingerprint density at radius 2 is 1.95 bits per heavy atom. The topological polar surface area (TPSA) is 110 Å².